The van der Waals surface area contributed by atoms with Crippen molar-refractivity contribution < 1.29 is 32.5 Å². The number of aromatic nitrogens is 2. The van der Waals surface area contributed by atoms with E-state index in [2.05, 4.69) is 25.0 Å². The van der Waals surface area contributed by atoms with Gasteiger partial charge in [0.05, 0.1) is 42.3 Å². The van der Waals surface area contributed by atoms with Crippen molar-refractivity contribution in [3.05, 3.63) is 96.2 Å². The SMILES string of the molecule is C=CCOC1(C)CCN(c2c(C(OC(C)(C)C)C(=O)OC)c(C)c(C)c3nc(-c4cccc(-c5c(OC(C)CC=C)ccc(F)c5F)c4)cn23)CC1. The van der Waals surface area contributed by atoms with Crippen LogP contribution in [0.1, 0.15) is 76.7 Å². The molecule has 8 nitrogen and oxygen atoms in total. The summed E-state index contributed by atoms with van der Waals surface area (Å²) in [6.07, 6.45) is 6.14. The molecule has 0 radical (unpaired) electrons. The Morgan fingerprint density at radius 1 is 1.06 bits per heavy atom. The first-order valence-electron chi connectivity index (χ1n) is 17.7. The van der Waals surface area contributed by atoms with Crippen molar-refractivity contribution in [3.8, 4) is 28.1 Å². The lowest BCUT2D eigenvalue weighted by atomic mass is 9.92. The maximum Gasteiger partial charge on any atom is 0.339 e. The van der Waals surface area contributed by atoms with Crippen molar-refractivity contribution in [1.82, 2.24) is 9.38 Å². The average Bonchev–Trinajstić information content (AvgIpc) is 3.55. The molecule has 0 N–H and O–H groups in total. The molecule has 0 saturated carbocycles. The number of hydrogen-bond donors (Lipinski definition) is 0. The van der Waals surface area contributed by atoms with Gasteiger partial charge in [-0.3, -0.25) is 4.40 Å². The molecular formula is C42H51F2N3O5. The number of carbonyl (C=O) groups is 1. The van der Waals surface area contributed by atoms with Crippen molar-refractivity contribution in [2.75, 3.05) is 31.7 Å². The molecule has 1 fully saturated rings. The van der Waals surface area contributed by atoms with E-state index >= 15 is 4.39 Å². The zero-order chi connectivity index (χ0) is 38.0. The number of esters is 1. The fourth-order valence-corrected chi connectivity index (χ4v) is 6.76. The van der Waals surface area contributed by atoms with Gasteiger partial charge in [0.2, 0.25) is 0 Å². The molecule has 2 aromatic heterocycles. The Labute approximate surface area is 306 Å². The van der Waals surface area contributed by atoms with Gasteiger partial charge in [0.1, 0.15) is 17.2 Å². The molecule has 2 atom stereocenters. The molecule has 3 heterocycles. The van der Waals surface area contributed by atoms with E-state index in [0.29, 0.717) is 54.1 Å². The van der Waals surface area contributed by atoms with Gasteiger partial charge in [-0.1, -0.05) is 30.4 Å². The van der Waals surface area contributed by atoms with Gasteiger partial charge >= 0.3 is 5.97 Å². The van der Waals surface area contributed by atoms with Crippen LogP contribution in [0.5, 0.6) is 5.75 Å². The molecule has 2 aromatic carbocycles. The van der Waals surface area contributed by atoms with Crippen molar-refractivity contribution in [3.63, 3.8) is 0 Å². The second kappa shape index (κ2) is 15.6. The lowest BCUT2D eigenvalue weighted by molar-refractivity contribution is -0.164. The molecule has 1 aliphatic heterocycles. The number of pyridine rings is 1. The molecule has 0 spiro atoms. The van der Waals surface area contributed by atoms with Gasteiger partial charge in [0.15, 0.2) is 17.7 Å². The third-order valence-electron chi connectivity index (χ3n) is 9.63. The predicted octanol–water partition coefficient (Wildman–Crippen LogP) is 9.50. The van der Waals surface area contributed by atoms with E-state index in [9.17, 15) is 9.18 Å². The highest BCUT2D eigenvalue weighted by molar-refractivity contribution is 5.82. The van der Waals surface area contributed by atoms with Crippen LogP contribution in [-0.2, 0) is 19.0 Å². The summed E-state index contributed by atoms with van der Waals surface area (Å²) < 4.78 is 56.2. The van der Waals surface area contributed by atoms with Crippen molar-refractivity contribution >= 4 is 17.4 Å². The van der Waals surface area contributed by atoms with Crippen LogP contribution in [0.15, 0.2) is 67.9 Å². The number of hydrogen-bond acceptors (Lipinski definition) is 7. The Hall–Kier alpha value is -4.54. The summed E-state index contributed by atoms with van der Waals surface area (Å²) in [5, 5.41) is 0. The van der Waals surface area contributed by atoms with E-state index in [1.54, 1.807) is 30.4 Å². The first kappa shape index (κ1) is 38.7. The minimum atomic E-state index is -1.01. The first-order chi connectivity index (χ1) is 24.6. The first-order valence-corrected chi connectivity index (χ1v) is 17.7. The fraction of sp³-hybridized carbons (Fsp3) is 0.429. The Morgan fingerprint density at radius 3 is 2.38 bits per heavy atom. The Kier molecular flexibility index (Phi) is 11.6. The van der Waals surface area contributed by atoms with Gasteiger partial charge in [-0.2, -0.15) is 0 Å². The minimum absolute atomic E-state index is 0.0341. The van der Waals surface area contributed by atoms with E-state index in [1.807, 2.05) is 58.2 Å². The maximum atomic E-state index is 15.5. The van der Waals surface area contributed by atoms with Crippen LogP contribution < -0.4 is 9.64 Å². The van der Waals surface area contributed by atoms with E-state index in [0.717, 1.165) is 35.9 Å². The summed E-state index contributed by atoms with van der Waals surface area (Å²) in [5.41, 5.74) is 3.93. The quantitative estimate of drug-likeness (QED) is 0.101. The smallest absolute Gasteiger partial charge is 0.339 e. The third-order valence-corrected chi connectivity index (χ3v) is 9.63. The van der Waals surface area contributed by atoms with Gasteiger partial charge in [0.25, 0.3) is 0 Å². The second-order valence-electron chi connectivity index (χ2n) is 14.7. The zero-order valence-corrected chi connectivity index (χ0v) is 31.6. The maximum absolute atomic E-state index is 15.5. The van der Waals surface area contributed by atoms with Gasteiger partial charge in [-0.15, -0.1) is 13.2 Å². The van der Waals surface area contributed by atoms with Crippen molar-refractivity contribution in [2.24, 2.45) is 0 Å². The molecule has 52 heavy (non-hydrogen) atoms. The van der Waals surface area contributed by atoms with Crippen LogP contribution in [0.2, 0.25) is 0 Å². The lowest BCUT2D eigenvalue weighted by Crippen LogP contribution is -2.45. The van der Waals surface area contributed by atoms with Crippen LogP contribution in [0, 0.1) is 25.5 Å². The second-order valence-corrected chi connectivity index (χ2v) is 14.7. The number of halogens is 2. The molecule has 278 valence electrons. The molecule has 4 aromatic rings. The van der Waals surface area contributed by atoms with Crippen molar-refractivity contribution in [2.45, 2.75) is 91.1 Å². The number of fused-ring (bicyclic) bond motifs is 1. The molecule has 0 aliphatic carbocycles. The minimum Gasteiger partial charge on any atom is -0.490 e. The summed E-state index contributed by atoms with van der Waals surface area (Å²) in [7, 11) is 1.37. The van der Waals surface area contributed by atoms with Gasteiger partial charge in [-0.25, -0.2) is 18.6 Å². The van der Waals surface area contributed by atoms with Gasteiger partial charge in [-0.05, 0) is 96.2 Å². The summed E-state index contributed by atoms with van der Waals surface area (Å²) in [6, 6.07) is 9.72. The molecule has 0 amide bonds. The highest BCUT2D eigenvalue weighted by atomic mass is 19.2. The lowest BCUT2D eigenvalue weighted by Gasteiger charge is -2.41. The van der Waals surface area contributed by atoms with Crippen LogP contribution in [0.3, 0.4) is 0 Å². The normalized spacial score (nSPS) is 15.7. The van der Waals surface area contributed by atoms with Crippen LogP contribution in [0.25, 0.3) is 28.0 Å². The third kappa shape index (κ3) is 8.08. The summed E-state index contributed by atoms with van der Waals surface area (Å²) in [6.45, 7) is 23.0. The van der Waals surface area contributed by atoms with E-state index in [1.165, 1.54) is 13.2 Å². The number of nitrogens with zero attached hydrogens (tertiary/aromatic N) is 3. The fourth-order valence-electron chi connectivity index (χ4n) is 6.76. The van der Waals surface area contributed by atoms with E-state index in [4.69, 9.17) is 23.9 Å². The van der Waals surface area contributed by atoms with Crippen LogP contribution >= 0.6 is 0 Å². The largest absolute Gasteiger partial charge is 0.490 e. The molecule has 2 unspecified atom stereocenters. The highest BCUT2D eigenvalue weighted by Gasteiger charge is 2.38. The standard InChI is InChI=1S/C42H51F2N3O5/c1-11-14-26(3)51-33-18-17-31(43)36(44)35(33)30-16-13-15-29(24-30)32-25-47-38(45-32)28(5)27(4)34(37(40(48)49-10)52-41(6,7)8)39(47)46-21-19-42(9,20-22-46)50-23-12-2/h11-13,15-18,24-26,37H,1-2,14,19-23H2,3-10H3. The zero-order valence-electron chi connectivity index (χ0n) is 31.6. The van der Waals surface area contributed by atoms with E-state index < -0.39 is 29.3 Å². The molecule has 10 heteroatoms. The van der Waals surface area contributed by atoms with Crippen LogP contribution in [-0.4, -0.2) is 59.5 Å². The number of anilines is 1. The highest BCUT2D eigenvalue weighted by Crippen LogP contribution is 2.42. The Morgan fingerprint density at radius 2 is 1.75 bits per heavy atom. The summed E-state index contributed by atoms with van der Waals surface area (Å²) in [5.74, 6) is -1.44. The Balaban J connectivity index is 1.70. The topological polar surface area (TPSA) is 74.5 Å². The molecule has 5 rings (SSSR count). The molecular weight excluding hydrogens is 664 g/mol. The predicted molar refractivity (Wildman–Crippen MR) is 202 cm³/mol. The molecule has 1 saturated heterocycles. The van der Waals surface area contributed by atoms with Gasteiger partial charge < -0.3 is 23.8 Å². The van der Waals surface area contributed by atoms with Crippen molar-refractivity contribution in [1.29, 1.82) is 0 Å². The number of ether oxygens (including phenoxy) is 4. The number of rotatable bonds is 13. The molecule has 0 bridgehead atoms. The van der Waals surface area contributed by atoms with Gasteiger partial charge in [0, 0.05) is 36.8 Å². The number of imidazole rings is 1. The number of aryl methyl sites for hydroxylation is 1. The summed E-state index contributed by atoms with van der Waals surface area (Å²) >= 11 is 0. The van der Waals surface area contributed by atoms with E-state index in [-0.39, 0.29) is 23.0 Å². The molecule has 1 aliphatic rings. The number of benzene rings is 2. The number of methoxy groups -OCH3 is 1. The van der Waals surface area contributed by atoms with Crippen LogP contribution in [0.4, 0.5) is 14.6 Å². The monoisotopic (exact) mass is 715 g/mol. The number of piperidine rings is 1. The average molecular weight is 716 g/mol. The number of carbonyl (C=O) groups excluding carboxylic acids is 1. The Bertz CT molecular complexity index is 1960. The summed E-state index contributed by atoms with van der Waals surface area (Å²) in [4.78, 5) is 20.9.